The summed E-state index contributed by atoms with van der Waals surface area (Å²) < 4.78 is 4.91. The van der Waals surface area contributed by atoms with Gasteiger partial charge in [-0.1, -0.05) is 18.1 Å². The number of hydrogen-bond acceptors (Lipinski definition) is 3. The van der Waals surface area contributed by atoms with Crippen molar-refractivity contribution >= 4 is 5.97 Å². The first-order chi connectivity index (χ1) is 8.19. The van der Waals surface area contributed by atoms with Gasteiger partial charge in [0.05, 0.1) is 18.7 Å². The molecule has 1 aromatic rings. The van der Waals surface area contributed by atoms with Crippen LogP contribution in [0.3, 0.4) is 0 Å². The van der Waals surface area contributed by atoms with Crippen LogP contribution in [0.1, 0.15) is 35.8 Å². The number of hydrogen-bond donors (Lipinski definition) is 1. The SMILES string of the molecule is C#CCN[C@@H](C)c1ccc(C(=O)OCC)cc1. The Kier molecular flexibility index (Phi) is 5.25. The summed E-state index contributed by atoms with van der Waals surface area (Å²) in [4.78, 5) is 11.4. The topological polar surface area (TPSA) is 38.3 Å². The first-order valence-electron chi connectivity index (χ1n) is 5.63. The molecule has 0 aliphatic carbocycles. The molecule has 0 amide bonds. The molecule has 0 spiro atoms. The molecule has 0 aromatic heterocycles. The maximum absolute atomic E-state index is 11.4. The highest BCUT2D eigenvalue weighted by molar-refractivity contribution is 5.89. The Hall–Kier alpha value is -1.79. The van der Waals surface area contributed by atoms with E-state index >= 15 is 0 Å². The molecule has 0 fully saturated rings. The standard InChI is InChI=1S/C14H17NO2/c1-4-10-15-11(3)12-6-8-13(9-7-12)14(16)17-5-2/h1,6-9,11,15H,5,10H2,2-3H3/t11-/m0/s1. The molecule has 0 aliphatic rings. The number of ether oxygens (including phenoxy) is 1. The highest BCUT2D eigenvalue weighted by Gasteiger charge is 2.08. The lowest BCUT2D eigenvalue weighted by atomic mass is 10.1. The van der Waals surface area contributed by atoms with E-state index in [1.165, 1.54) is 0 Å². The predicted molar refractivity (Wildman–Crippen MR) is 67.6 cm³/mol. The summed E-state index contributed by atoms with van der Waals surface area (Å²) in [5.74, 6) is 2.24. The van der Waals surface area contributed by atoms with Gasteiger partial charge >= 0.3 is 5.97 Å². The maximum Gasteiger partial charge on any atom is 0.338 e. The molecule has 0 heterocycles. The van der Waals surface area contributed by atoms with Gasteiger partial charge in [0.2, 0.25) is 0 Å². The Balaban J connectivity index is 2.67. The molecule has 1 N–H and O–H groups in total. The third-order valence-electron chi connectivity index (χ3n) is 2.43. The van der Waals surface area contributed by atoms with E-state index in [-0.39, 0.29) is 12.0 Å². The number of rotatable bonds is 5. The average molecular weight is 231 g/mol. The number of esters is 1. The van der Waals surface area contributed by atoms with Gasteiger partial charge in [0, 0.05) is 6.04 Å². The van der Waals surface area contributed by atoms with E-state index < -0.39 is 0 Å². The van der Waals surface area contributed by atoms with Gasteiger partial charge in [-0.3, -0.25) is 5.32 Å². The third-order valence-corrected chi connectivity index (χ3v) is 2.43. The molecule has 0 bridgehead atoms. The molecule has 0 radical (unpaired) electrons. The number of carbonyl (C=O) groups excluding carboxylic acids is 1. The number of carbonyl (C=O) groups is 1. The molecule has 3 heteroatoms. The second kappa shape index (κ2) is 6.72. The Morgan fingerprint density at radius 3 is 2.65 bits per heavy atom. The van der Waals surface area contributed by atoms with Crippen molar-refractivity contribution in [3.63, 3.8) is 0 Å². The highest BCUT2D eigenvalue weighted by atomic mass is 16.5. The summed E-state index contributed by atoms with van der Waals surface area (Å²) >= 11 is 0. The normalized spacial score (nSPS) is 11.6. The van der Waals surface area contributed by atoms with Crippen LogP contribution in [-0.4, -0.2) is 19.1 Å². The first kappa shape index (κ1) is 13.3. The fourth-order valence-electron chi connectivity index (χ4n) is 1.45. The van der Waals surface area contributed by atoms with Crippen molar-refractivity contribution in [3.05, 3.63) is 35.4 Å². The van der Waals surface area contributed by atoms with E-state index in [4.69, 9.17) is 11.2 Å². The summed E-state index contributed by atoms with van der Waals surface area (Å²) in [5.41, 5.74) is 1.66. The van der Waals surface area contributed by atoms with E-state index in [1.54, 1.807) is 19.1 Å². The summed E-state index contributed by atoms with van der Waals surface area (Å²) in [6, 6.07) is 7.51. The minimum Gasteiger partial charge on any atom is -0.462 e. The van der Waals surface area contributed by atoms with Gasteiger partial charge in [-0.15, -0.1) is 6.42 Å². The zero-order chi connectivity index (χ0) is 12.7. The zero-order valence-electron chi connectivity index (χ0n) is 10.2. The summed E-state index contributed by atoms with van der Waals surface area (Å²) in [6.45, 7) is 4.73. The summed E-state index contributed by atoms with van der Waals surface area (Å²) in [5, 5.41) is 3.17. The molecule has 0 saturated carbocycles. The largest absolute Gasteiger partial charge is 0.462 e. The van der Waals surface area contributed by atoms with Crippen LogP contribution >= 0.6 is 0 Å². The molecule has 1 aromatic carbocycles. The predicted octanol–water partition coefficient (Wildman–Crippen LogP) is 2.15. The molecule has 0 aliphatic heterocycles. The molecule has 17 heavy (non-hydrogen) atoms. The van der Waals surface area contributed by atoms with Crippen molar-refractivity contribution < 1.29 is 9.53 Å². The third kappa shape index (κ3) is 3.93. The molecule has 0 saturated heterocycles. The number of nitrogens with one attached hydrogen (secondary N) is 1. The fourth-order valence-corrected chi connectivity index (χ4v) is 1.45. The van der Waals surface area contributed by atoms with Crippen molar-refractivity contribution in [1.82, 2.24) is 5.32 Å². The summed E-state index contributed by atoms with van der Waals surface area (Å²) in [7, 11) is 0. The second-order valence-corrected chi connectivity index (χ2v) is 3.65. The zero-order valence-corrected chi connectivity index (χ0v) is 10.2. The molecule has 1 atom stereocenters. The number of terminal acetylenes is 1. The lowest BCUT2D eigenvalue weighted by molar-refractivity contribution is 0.0526. The van der Waals surface area contributed by atoms with Gasteiger partial charge in [-0.25, -0.2) is 4.79 Å². The van der Waals surface area contributed by atoms with Crippen molar-refractivity contribution in [3.8, 4) is 12.3 Å². The van der Waals surface area contributed by atoms with Crippen molar-refractivity contribution in [2.75, 3.05) is 13.2 Å². The highest BCUT2D eigenvalue weighted by Crippen LogP contribution is 2.13. The van der Waals surface area contributed by atoms with E-state index in [0.717, 1.165) is 5.56 Å². The van der Waals surface area contributed by atoms with Crippen LogP contribution < -0.4 is 5.32 Å². The van der Waals surface area contributed by atoms with Crippen LogP contribution in [0.2, 0.25) is 0 Å². The van der Waals surface area contributed by atoms with Crippen LogP contribution in [-0.2, 0) is 4.74 Å². The second-order valence-electron chi connectivity index (χ2n) is 3.65. The van der Waals surface area contributed by atoms with Crippen LogP contribution in [0.15, 0.2) is 24.3 Å². The smallest absolute Gasteiger partial charge is 0.338 e. The lowest BCUT2D eigenvalue weighted by Crippen LogP contribution is -2.18. The lowest BCUT2D eigenvalue weighted by Gasteiger charge is -2.12. The van der Waals surface area contributed by atoms with Crippen molar-refractivity contribution in [2.24, 2.45) is 0 Å². The Bertz CT molecular complexity index is 403. The molecule has 1 rings (SSSR count). The van der Waals surface area contributed by atoms with Gasteiger partial charge in [0.15, 0.2) is 0 Å². The van der Waals surface area contributed by atoms with E-state index in [2.05, 4.69) is 11.2 Å². The van der Waals surface area contributed by atoms with Gasteiger partial charge < -0.3 is 4.74 Å². The van der Waals surface area contributed by atoms with Gasteiger partial charge in [-0.05, 0) is 31.5 Å². The molecular formula is C14H17NO2. The van der Waals surface area contributed by atoms with E-state index in [1.807, 2.05) is 19.1 Å². The average Bonchev–Trinajstić information content (AvgIpc) is 2.36. The summed E-state index contributed by atoms with van der Waals surface area (Å²) in [6.07, 6.45) is 5.18. The monoisotopic (exact) mass is 231 g/mol. The van der Waals surface area contributed by atoms with E-state index in [0.29, 0.717) is 18.7 Å². The quantitative estimate of drug-likeness (QED) is 0.623. The number of benzene rings is 1. The maximum atomic E-state index is 11.4. The first-order valence-corrected chi connectivity index (χ1v) is 5.63. The van der Waals surface area contributed by atoms with Gasteiger partial charge in [0.1, 0.15) is 0 Å². The van der Waals surface area contributed by atoms with Crippen LogP contribution in [0.5, 0.6) is 0 Å². The Labute approximate surface area is 102 Å². The molecule has 90 valence electrons. The Morgan fingerprint density at radius 1 is 1.47 bits per heavy atom. The van der Waals surface area contributed by atoms with Gasteiger partial charge in [0.25, 0.3) is 0 Å². The van der Waals surface area contributed by atoms with Crippen molar-refractivity contribution in [1.29, 1.82) is 0 Å². The fraction of sp³-hybridized carbons (Fsp3) is 0.357. The van der Waals surface area contributed by atoms with Crippen LogP contribution in [0.4, 0.5) is 0 Å². The van der Waals surface area contributed by atoms with Crippen LogP contribution in [0.25, 0.3) is 0 Å². The minimum atomic E-state index is -0.289. The van der Waals surface area contributed by atoms with E-state index in [9.17, 15) is 4.79 Å². The molecular weight excluding hydrogens is 214 g/mol. The van der Waals surface area contributed by atoms with Crippen molar-refractivity contribution in [2.45, 2.75) is 19.9 Å². The van der Waals surface area contributed by atoms with Gasteiger partial charge in [-0.2, -0.15) is 0 Å². The molecule has 3 nitrogen and oxygen atoms in total. The Morgan fingerprint density at radius 2 is 2.12 bits per heavy atom. The molecule has 0 unspecified atom stereocenters. The minimum absolute atomic E-state index is 0.169. The van der Waals surface area contributed by atoms with Crippen LogP contribution in [0, 0.1) is 12.3 Å².